The molecular formula is C19H22F2N6O4S. The van der Waals surface area contributed by atoms with E-state index in [4.69, 9.17) is 0 Å². The lowest BCUT2D eigenvalue weighted by Gasteiger charge is -2.39. The fraction of sp³-hybridized carbons (Fsp3) is 0.474. The maximum atomic E-state index is 13.7. The van der Waals surface area contributed by atoms with E-state index in [-0.39, 0.29) is 30.8 Å². The van der Waals surface area contributed by atoms with Gasteiger partial charge in [-0.2, -0.15) is 0 Å². The van der Waals surface area contributed by atoms with Crippen molar-refractivity contribution >= 4 is 21.8 Å². The normalized spacial score (nSPS) is 17.1. The Bertz CT molecular complexity index is 1110. The van der Waals surface area contributed by atoms with Crippen LogP contribution >= 0.6 is 0 Å². The first kappa shape index (κ1) is 22.3. The number of likely N-dealkylation sites (tertiary alicyclic amines) is 2. The number of nitrogens with zero attached hydrogens (tertiary/aromatic N) is 5. The number of amides is 2. The third-order valence-corrected chi connectivity index (χ3v) is 7.00. The largest absolute Gasteiger partial charge is 0.338 e. The second-order valence-corrected chi connectivity index (χ2v) is 9.46. The summed E-state index contributed by atoms with van der Waals surface area (Å²) in [6.07, 6.45) is 3.01. The Kier molecular flexibility index (Phi) is 6.20. The van der Waals surface area contributed by atoms with Crippen molar-refractivity contribution in [3.8, 4) is 0 Å². The number of aromatic nitrogens is 3. The minimum Gasteiger partial charge on any atom is -0.338 e. The molecule has 0 unspecified atom stereocenters. The Hall–Kier alpha value is -2.93. The minimum absolute atomic E-state index is 0.0568. The summed E-state index contributed by atoms with van der Waals surface area (Å²) < 4.78 is 55.4. The number of benzene rings is 1. The molecule has 1 aromatic carbocycles. The number of carbonyl (C=O) groups is 2. The molecule has 3 heterocycles. The lowest BCUT2D eigenvalue weighted by atomic mass is 10.1. The van der Waals surface area contributed by atoms with E-state index in [0.29, 0.717) is 38.3 Å². The van der Waals surface area contributed by atoms with Crippen LogP contribution < -0.4 is 4.72 Å². The average Bonchev–Trinajstić information content (AvgIpc) is 3.30. The fourth-order valence-electron chi connectivity index (χ4n) is 3.72. The quantitative estimate of drug-likeness (QED) is 0.601. The molecule has 32 heavy (non-hydrogen) atoms. The van der Waals surface area contributed by atoms with Gasteiger partial charge in [-0.1, -0.05) is 11.3 Å². The summed E-state index contributed by atoms with van der Waals surface area (Å²) in [6.45, 7) is 1.62. The van der Waals surface area contributed by atoms with Crippen LogP contribution in [-0.4, -0.2) is 71.2 Å². The monoisotopic (exact) mass is 468 g/mol. The van der Waals surface area contributed by atoms with Gasteiger partial charge >= 0.3 is 0 Å². The Morgan fingerprint density at radius 3 is 2.59 bits per heavy atom. The third-order valence-electron chi connectivity index (χ3n) is 5.49. The van der Waals surface area contributed by atoms with Crippen LogP contribution in [0.1, 0.15) is 31.0 Å². The predicted molar refractivity (Wildman–Crippen MR) is 106 cm³/mol. The Labute approximate surface area is 183 Å². The highest BCUT2D eigenvalue weighted by Crippen LogP contribution is 2.22. The van der Waals surface area contributed by atoms with Crippen LogP contribution in [0.5, 0.6) is 0 Å². The molecule has 2 amide bonds. The van der Waals surface area contributed by atoms with Crippen LogP contribution in [0.15, 0.2) is 29.3 Å². The minimum atomic E-state index is -4.42. The molecule has 2 aliphatic heterocycles. The van der Waals surface area contributed by atoms with Crippen LogP contribution in [0.3, 0.4) is 0 Å². The summed E-state index contributed by atoms with van der Waals surface area (Å²) in [5, 5.41) is 8.16. The third kappa shape index (κ3) is 4.63. The molecule has 2 fully saturated rings. The Morgan fingerprint density at radius 2 is 1.94 bits per heavy atom. The zero-order valence-electron chi connectivity index (χ0n) is 17.1. The molecule has 10 nitrogen and oxygen atoms in total. The van der Waals surface area contributed by atoms with Crippen LogP contribution in [0.4, 0.5) is 8.78 Å². The lowest BCUT2D eigenvalue weighted by Crippen LogP contribution is -2.51. The SMILES string of the molecule is O=C1CCCN1Cc1cn(C2CN(C(=O)CCNS(=O)(=O)c3c(F)cccc3F)C2)nn1. The van der Waals surface area contributed by atoms with Crippen LogP contribution in [0.25, 0.3) is 0 Å². The number of hydrogen-bond acceptors (Lipinski definition) is 6. The van der Waals surface area contributed by atoms with Gasteiger partial charge < -0.3 is 9.80 Å². The van der Waals surface area contributed by atoms with Gasteiger partial charge in [0, 0.05) is 39.0 Å². The van der Waals surface area contributed by atoms with Crippen molar-refractivity contribution in [3.63, 3.8) is 0 Å². The molecule has 1 aromatic heterocycles. The van der Waals surface area contributed by atoms with Gasteiger partial charge in [-0.25, -0.2) is 26.6 Å². The molecule has 2 aliphatic rings. The first-order valence-electron chi connectivity index (χ1n) is 10.1. The smallest absolute Gasteiger partial charge is 0.246 e. The van der Waals surface area contributed by atoms with Crippen molar-refractivity contribution in [3.05, 3.63) is 41.7 Å². The van der Waals surface area contributed by atoms with Crippen molar-refractivity contribution in [2.75, 3.05) is 26.2 Å². The number of halogens is 2. The number of rotatable bonds is 8. The Morgan fingerprint density at radius 1 is 1.22 bits per heavy atom. The van der Waals surface area contributed by atoms with Crippen LogP contribution in [-0.2, 0) is 26.2 Å². The summed E-state index contributed by atoms with van der Waals surface area (Å²) in [7, 11) is -4.42. The van der Waals surface area contributed by atoms with Crippen molar-refractivity contribution in [2.24, 2.45) is 0 Å². The summed E-state index contributed by atoms with van der Waals surface area (Å²) in [5.41, 5.74) is 0.680. The van der Waals surface area contributed by atoms with E-state index in [0.717, 1.165) is 24.6 Å². The molecule has 0 spiro atoms. The van der Waals surface area contributed by atoms with Crippen LogP contribution in [0, 0.1) is 11.6 Å². The average molecular weight is 468 g/mol. The standard InChI is InChI=1S/C19H22F2N6O4S/c20-15-3-1-4-16(21)19(15)32(30,31)22-7-6-18(29)26-11-14(12-26)27-10-13(23-24-27)9-25-8-2-5-17(25)28/h1,3-4,10,14,22H,2,5-9,11-12H2. The number of hydrogen-bond donors (Lipinski definition) is 1. The van der Waals surface area contributed by atoms with Gasteiger partial charge in [-0.05, 0) is 18.6 Å². The predicted octanol–water partition coefficient (Wildman–Crippen LogP) is 0.431. The molecule has 4 rings (SSSR count). The zero-order chi connectivity index (χ0) is 22.9. The van der Waals surface area contributed by atoms with E-state index in [2.05, 4.69) is 15.0 Å². The molecule has 2 aromatic rings. The van der Waals surface area contributed by atoms with Crippen LogP contribution in [0.2, 0.25) is 0 Å². The van der Waals surface area contributed by atoms with Gasteiger partial charge in [0.2, 0.25) is 21.8 Å². The van der Waals surface area contributed by atoms with Gasteiger partial charge in [0.25, 0.3) is 0 Å². The topological polar surface area (TPSA) is 118 Å². The van der Waals surface area contributed by atoms with Crippen molar-refractivity contribution < 1.29 is 26.8 Å². The summed E-state index contributed by atoms with van der Waals surface area (Å²) in [4.78, 5) is 26.2. The second kappa shape index (κ2) is 8.90. The van der Waals surface area contributed by atoms with E-state index < -0.39 is 26.6 Å². The number of carbonyl (C=O) groups excluding carboxylic acids is 2. The lowest BCUT2D eigenvalue weighted by molar-refractivity contribution is -0.137. The second-order valence-electron chi connectivity index (χ2n) is 7.76. The molecule has 2 saturated heterocycles. The first-order valence-corrected chi connectivity index (χ1v) is 11.6. The maximum absolute atomic E-state index is 13.7. The van der Waals surface area contributed by atoms with Crippen molar-refractivity contribution in [1.29, 1.82) is 0 Å². The molecule has 0 aliphatic carbocycles. The highest BCUT2D eigenvalue weighted by Gasteiger charge is 2.33. The number of nitrogens with one attached hydrogen (secondary N) is 1. The first-order chi connectivity index (χ1) is 15.2. The van der Waals surface area contributed by atoms with E-state index >= 15 is 0 Å². The van der Waals surface area contributed by atoms with Crippen molar-refractivity contribution in [1.82, 2.24) is 29.5 Å². The van der Waals surface area contributed by atoms with E-state index in [1.54, 1.807) is 15.8 Å². The Balaban J connectivity index is 1.23. The fourth-order valence-corrected chi connectivity index (χ4v) is 4.88. The van der Waals surface area contributed by atoms with E-state index in [1.807, 2.05) is 0 Å². The molecule has 0 atom stereocenters. The molecule has 172 valence electrons. The molecule has 13 heteroatoms. The van der Waals surface area contributed by atoms with Gasteiger partial charge in [0.1, 0.15) is 17.3 Å². The molecular weight excluding hydrogens is 446 g/mol. The summed E-state index contributed by atoms with van der Waals surface area (Å²) in [5.74, 6) is -2.58. The van der Waals surface area contributed by atoms with Crippen molar-refractivity contribution in [2.45, 2.75) is 36.7 Å². The van der Waals surface area contributed by atoms with E-state index in [9.17, 15) is 26.8 Å². The zero-order valence-corrected chi connectivity index (χ0v) is 17.9. The van der Waals surface area contributed by atoms with Gasteiger partial charge in [0.05, 0.1) is 18.8 Å². The van der Waals surface area contributed by atoms with Gasteiger partial charge in [-0.3, -0.25) is 9.59 Å². The van der Waals surface area contributed by atoms with E-state index in [1.165, 1.54) is 4.90 Å². The molecule has 1 N–H and O–H groups in total. The summed E-state index contributed by atoms with van der Waals surface area (Å²) in [6, 6.07) is 2.71. The molecule has 0 radical (unpaired) electrons. The van der Waals surface area contributed by atoms with Gasteiger partial charge in [0.15, 0.2) is 4.90 Å². The maximum Gasteiger partial charge on any atom is 0.246 e. The highest BCUT2D eigenvalue weighted by molar-refractivity contribution is 7.89. The molecule has 0 saturated carbocycles. The highest BCUT2D eigenvalue weighted by atomic mass is 32.2. The van der Waals surface area contributed by atoms with Gasteiger partial charge in [-0.15, -0.1) is 5.10 Å². The molecule has 0 bridgehead atoms. The summed E-state index contributed by atoms with van der Waals surface area (Å²) >= 11 is 0. The number of sulfonamides is 1.